The van der Waals surface area contributed by atoms with Crippen LogP contribution in [0.1, 0.15) is 0 Å². The number of rotatable bonds is 4. The number of carbonyl (C=O) groups is 1. The highest BCUT2D eigenvalue weighted by Crippen LogP contribution is 1.89. The van der Waals surface area contributed by atoms with E-state index in [1.54, 1.807) is 0 Å². The summed E-state index contributed by atoms with van der Waals surface area (Å²) in [5, 5.41) is 7.92. The molecule has 6 nitrogen and oxygen atoms in total. The first-order valence-electron chi connectivity index (χ1n) is 2.49. The second-order valence-electron chi connectivity index (χ2n) is 1.50. The maximum atomic E-state index is 10.5. The van der Waals surface area contributed by atoms with Crippen molar-refractivity contribution >= 4 is 16.2 Å². The summed E-state index contributed by atoms with van der Waals surface area (Å²) in [7, 11) is -3.84. The predicted molar refractivity (Wildman–Crippen MR) is 36.2 cm³/mol. The van der Waals surface area contributed by atoms with E-state index in [1.165, 1.54) is 5.48 Å². The maximum absolute atomic E-state index is 10.5. The van der Waals surface area contributed by atoms with E-state index in [-0.39, 0.29) is 0 Å². The van der Waals surface area contributed by atoms with E-state index in [0.717, 1.165) is 6.08 Å². The van der Waals surface area contributed by atoms with Crippen molar-refractivity contribution in [2.75, 3.05) is 5.75 Å². The molecule has 0 atom stereocenters. The highest BCUT2D eigenvalue weighted by atomic mass is 32.2. The second kappa shape index (κ2) is 3.94. The molecule has 0 aromatic rings. The quantitative estimate of drug-likeness (QED) is 0.459. The van der Waals surface area contributed by atoms with Gasteiger partial charge in [0.05, 0.1) is 5.75 Å². The molecule has 0 fully saturated rings. The van der Waals surface area contributed by atoms with Crippen molar-refractivity contribution in [1.82, 2.24) is 5.48 Å². The molecule has 1 amide bonds. The first-order valence-corrected chi connectivity index (χ1v) is 4.06. The fourth-order valence-electron chi connectivity index (χ4n) is 0.277. The molecule has 0 rings (SSSR count). The average Bonchev–Trinajstić information content (AvgIpc) is 1.84. The molecule has 0 aliphatic carbocycles. The van der Waals surface area contributed by atoms with Gasteiger partial charge in [0, 0.05) is 0 Å². The van der Waals surface area contributed by atoms with Gasteiger partial charge in [-0.05, 0) is 0 Å². The van der Waals surface area contributed by atoms with Gasteiger partial charge in [-0.15, -0.1) is 10.9 Å². The third-order valence-corrected chi connectivity index (χ3v) is 1.56. The molecule has 0 aliphatic rings. The van der Waals surface area contributed by atoms with Gasteiger partial charge < -0.3 is 5.11 Å². The smallest absolute Gasteiger partial charge is 0.429 e. The summed E-state index contributed by atoms with van der Waals surface area (Å²) in [4.78, 5) is 9.72. The summed E-state index contributed by atoms with van der Waals surface area (Å²) in [6, 6.07) is 0. The molecule has 64 valence electrons. The molecule has 0 aromatic heterocycles. The third-order valence-electron chi connectivity index (χ3n) is 0.578. The molecular formula is C4H7NO5S. The minimum atomic E-state index is -3.84. The third kappa shape index (κ3) is 5.37. The normalized spacial score (nSPS) is 10.5. The summed E-state index contributed by atoms with van der Waals surface area (Å²) in [6.07, 6.45) is -0.489. The molecule has 0 radical (unpaired) electrons. The van der Waals surface area contributed by atoms with Gasteiger partial charge in [0.15, 0.2) is 0 Å². The van der Waals surface area contributed by atoms with Crippen LogP contribution in [-0.4, -0.2) is 25.4 Å². The largest absolute Gasteiger partial charge is 0.464 e. The summed E-state index contributed by atoms with van der Waals surface area (Å²) in [5.41, 5.74) is 1.25. The highest BCUT2D eigenvalue weighted by molar-refractivity contribution is 7.86. The Morgan fingerprint density at radius 2 is 2.27 bits per heavy atom. The van der Waals surface area contributed by atoms with Gasteiger partial charge in [0.1, 0.15) is 0 Å². The van der Waals surface area contributed by atoms with Crippen molar-refractivity contribution in [3.63, 3.8) is 0 Å². The summed E-state index contributed by atoms with van der Waals surface area (Å²) < 4.78 is 24.8. The van der Waals surface area contributed by atoms with E-state index in [9.17, 15) is 13.2 Å². The Kier molecular flexibility index (Phi) is 3.55. The lowest BCUT2D eigenvalue weighted by Crippen LogP contribution is -2.26. The lowest BCUT2D eigenvalue weighted by atomic mass is 10.8. The Bertz CT molecular complexity index is 243. The van der Waals surface area contributed by atoms with Crippen LogP contribution in [0.5, 0.6) is 0 Å². The van der Waals surface area contributed by atoms with E-state index < -0.39 is 22.0 Å². The van der Waals surface area contributed by atoms with Crippen LogP contribution < -0.4 is 5.48 Å². The van der Waals surface area contributed by atoms with Gasteiger partial charge in [-0.1, -0.05) is 6.08 Å². The molecule has 0 heterocycles. The van der Waals surface area contributed by atoms with E-state index in [1.807, 2.05) is 0 Å². The predicted octanol–water partition coefficient (Wildman–Crippen LogP) is -0.299. The second-order valence-corrected chi connectivity index (χ2v) is 3.12. The Hall–Kier alpha value is -1.08. The first-order chi connectivity index (χ1) is 4.98. The summed E-state index contributed by atoms with van der Waals surface area (Å²) in [5.74, 6) is -0.437. The first kappa shape index (κ1) is 9.92. The van der Waals surface area contributed by atoms with Crippen LogP contribution in [0.3, 0.4) is 0 Å². The van der Waals surface area contributed by atoms with E-state index in [2.05, 4.69) is 10.9 Å². The Morgan fingerprint density at radius 1 is 1.73 bits per heavy atom. The molecule has 0 saturated heterocycles. The molecule has 0 saturated carbocycles. The lowest BCUT2D eigenvalue weighted by molar-refractivity contribution is 0.139. The minimum Gasteiger partial charge on any atom is -0.464 e. The van der Waals surface area contributed by atoms with Crippen molar-refractivity contribution in [2.24, 2.45) is 0 Å². The molecule has 7 heteroatoms. The van der Waals surface area contributed by atoms with Gasteiger partial charge in [-0.3, -0.25) is 0 Å². The number of hydrogen-bond acceptors (Lipinski definition) is 4. The Labute approximate surface area is 63.6 Å². The van der Waals surface area contributed by atoms with E-state index >= 15 is 0 Å². The highest BCUT2D eigenvalue weighted by Gasteiger charge is 2.09. The van der Waals surface area contributed by atoms with Crippen molar-refractivity contribution in [1.29, 1.82) is 0 Å². The molecule has 11 heavy (non-hydrogen) atoms. The fourth-order valence-corrected chi connectivity index (χ4v) is 0.832. The minimum absolute atomic E-state index is 0.437. The Balaban J connectivity index is 3.93. The maximum Gasteiger partial charge on any atom is 0.429 e. The molecule has 0 aromatic carbocycles. The van der Waals surface area contributed by atoms with Crippen LogP contribution in [0.2, 0.25) is 0 Å². The average molecular weight is 181 g/mol. The van der Waals surface area contributed by atoms with Crippen LogP contribution >= 0.6 is 0 Å². The van der Waals surface area contributed by atoms with Gasteiger partial charge in [-0.2, -0.15) is 13.9 Å². The fraction of sp³-hybridized carbons (Fsp3) is 0.250. The summed E-state index contributed by atoms with van der Waals surface area (Å²) in [6.45, 7) is 3.14. The van der Waals surface area contributed by atoms with Crippen molar-refractivity contribution in [3.8, 4) is 0 Å². The van der Waals surface area contributed by atoms with Crippen LogP contribution in [0.25, 0.3) is 0 Å². The van der Waals surface area contributed by atoms with Gasteiger partial charge >= 0.3 is 6.09 Å². The van der Waals surface area contributed by atoms with Gasteiger partial charge in [0.2, 0.25) is 0 Å². The molecule has 0 spiro atoms. The van der Waals surface area contributed by atoms with Crippen molar-refractivity contribution in [3.05, 3.63) is 12.7 Å². The molecule has 0 unspecified atom stereocenters. The molecule has 0 bridgehead atoms. The number of hydroxylamine groups is 1. The SMILES string of the molecule is C=CCS(=O)(=O)ONC(=O)O. The van der Waals surface area contributed by atoms with E-state index in [4.69, 9.17) is 5.11 Å². The van der Waals surface area contributed by atoms with Crippen LogP contribution in [0, 0.1) is 0 Å². The van der Waals surface area contributed by atoms with Crippen molar-refractivity contribution in [2.45, 2.75) is 0 Å². The molecule has 2 N–H and O–H groups in total. The zero-order valence-corrected chi connectivity index (χ0v) is 6.30. The zero-order chi connectivity index (χ0) is 8.91. The lowest BCUT2D eigenvalue weighted by Gasteiger charge is -1.99. The van der Waals surface area contributed by atoms with E-state index in [0.29, 0.717) is 0 Å². The standard InChI is InChI=1S/C4H7NO5S/c1-2-3-11(8,9)10-5-4(6)7/h2,5H,1,3H2,(H,6,7). The van der Waals surface area contributed by atoms with Gasteiger partial charge in [-0.25, -0.2) is 4.79 Å². The zero-order valence-electron chi connectivity index (χ0n) is 5.48. The molecular weight excluding hydrogens is 174 g/mol. The number of amides is 1. The van der Waals surface area contributed by atoms with Crippen LogP contribution in [0.15, 0.2) is 12.7 Å². The Morgan fingerprint density at radius 3 is 2.64 bits per heavy atom. The molecule has 0 aliphatic heterocycles. The van der Waals surface area contributed by atoms with Gasteiger partial charge in [0.25, 0.3) is 10.1 Å². The van der Waals surface area contributed by atoms with Crippen LogP contribution in [-0.2, 0) is 14.4 Å². The number of nitrogens with one attached hydrogen (secondary N) is 1. The van der Waals surface area contributed by atoms with Crippen LogP contribution in [0.4, 0.5) is 4.79 Å². The number of carboxylic acid groups (broad SMARTS) is 1. The monoisotopic (exact) mass is 181 g/mol. The van der Waals surface area contributed by atoms with Crippen molar-refractivity contribution < 1.29 is 22.6 Å². The summed E-state index contributed by atoms with van der Waals surface area (Å²) >= 11 is 0. The number of hydrogen-bond donors (Lipinski definition) is 2. The topological polar surface area (TPSA) is 92.7 Å².